The highest BCUT2D eigenvalue weighted by Gasteiger charge is 2.21. The molecule has 0 N–H and O–H groups in total. The van der Waals surface area contributed by atoms with Gasteiger partial charge in [-0.1, -0.05) is 89.6 Å². The molecule has 0 saturated carbocycles. The van der Waals surface area contributed by atoms with Gasteiger partial charge in [0.15, 0.2) is 0 Å². The molecule has 0 aromatic rings. The van der Waals surface area contributed by atoms with Gasteiger partial charge < -0.3 is 9.47 Å². The summed E-state index contributed by atoms with van der Waals surface area (Å²) in [6.45, 7) is 23.8. The summed E-state index contributed by atoms with van der Waals surface area (Å²) in [7, 11) is 2.79. The van der Waals surface area contributed by atoms with Crippen molar-refractivity contribution in [3.05, 3.63) is 95.7 Å². The molecule has 0 amide bonds. The predicted octanol–water partition coefficient (Wildman–Crippen LogP) is 10.9. The number of carbonyl (C=O) groups is 2. The third-order valence-electron chi connectivity index (χ3n) is 6.80. The number of rotatable bonds is 15. The summed E-state index contributed by atoms with van der Waals surface area (Å²) in [5.74, 6) is -0.365. The lowest BCUT2D eigenvalue weighted by atomic mass is 9.88. The predicted molar refractivity (Wildman–Crippen MR) is 182 cm³/mol. The third kappa shape index (κ3) is 25.8. The monoisotopic (exact) mass is 580 g/mol. The fourth-order valence-corrected chi connectivity index (χ4v) is 4.07. The van der Waals surface area contributed by atoms with Gasteiger partial charge in [0, 0.05) is 6.08 Å². The van der Waals surface area contributed by atoms with Crippen molar-refractivity contribution >= 4 is 11.9 Å². The van der Waals surface area contributed by atoms with E-state index in [9.17, 15) is 9.59 Å². The lowest BCUT2D eigenvalue weighted by molar-refractivity contribution is -0.145. The number of carbonyl (C=O) groups excluding carboxylic acids is 2. The maximum Gasteiger partial charge on any atom is 0.329 e. The Morgan fingerprint density at radius 2 is 1.31 bits per heavy atom. The molecule has 0 saturated heterocycles. The maximum atomic E-state index is 11.5. The Hall–Kier alpha value is -3.14. The molecule has 1 aliphatic carbocycles. The van der Waals surface area contributed by atoms with E-state index in [1.54, 1.807) is 0 Å². The van der Waals surface area contributed by atoms with Gasteiger partial charge in [0.1, 0.15) is 0 Å². The zero-order valence-electron chi connectivity index (χ0n) is 28.2. The minimum atomic E-state index is -0.394. The first kappa shape index (κ1) is 41.0. The highest BCUT2D eigenvalue weighted by Crippen LogP contribution is 2.27. The Balaban J connectivity index is 0. The zero-order chi connectivity index (χ0) is 32.3. The van der Waals surface area contributed by atoms with E-state index in [4.69, 9.17) is 4.74 Å². The summed E-state index contributed by atoms with van der Waals surface area (Å²) in [5.41, 5.74) is 8.39. The van der Waals surface area contributed by atoms with Crippen LogP contribution in [0.5, 0.6) is 0 Å². The molecular weight excluding hydrogens is 520 g/mol. The molecule has 4 heteroatoms. The lowest BCUT2D eigenvalue weighted by Gasteiger charge is -2.19. The Morgan fingerprint density at radius 3 is 1.69 bits per heavy atom. The topological polar surface area (TPSA) is 52.6 Å². The number of allylic oxidation sites excluding steroid dienone is 12. The van der Waals surface area contributed by atoms with Gasteiger partial charge in [0.25, 0.3) is 0 Å². The molecule has 1 atom stereocenters. The first-order chi connectivity index (χ1) is 19.9. The van der Waals surface area contributed by atoms with Crippen molar-refractivity contribution in [2.45, 2.75) is 112 Å². The molecule has 0 radical (unpaired) electrons. The third-order valence-corrected chi connectivity index (χ3v) is 6.80. The van der Waals surface area contributed by atoms with Gasteiger partial charge in [-0.15, -0.1) is 0 Å². The SMILES string of the molecule is C=CC(=C)CC/C=C(\C)CCC=C(C)C.C=CC(=O)OC.COC(=O)C1CC=C(CC/C=C(\C)CCC=C(C)C)CC1. The molecule has 1 aliphatic rings. The molecule has 1 rings (SSSR count). The quantitative estimate of drug-likeness (QED) is 0.0836. The highest BCUT2D eigenvalue weighted by atomic mass is 16.5. The smallest absolute Gasteiger partial charge is 0.329 e. The second-order valence-corrected chi connectivity index (χ2v) is 11.3. The summed E-state index contributed by atoms with van der Waals surface area (Å²) >= 11 is 0. The van der Waals surface area contributed by atoms with Crippen LogP contribution in [-0.4, -0.2) is 26.2 Å². The van der Waals surface area contributed by atoms with Crippen molar-refractivity contribution in [3.63, 3.8) is 0 Å². The molecule has 0 aromatic heterocycles. The second-order valence-electron chi connectivity index (χ2n) is 11.3. The van der Waals surface area contributed by atoms with Gasteiger partial charge >= 0.3 is 11.9 Å². The van der Waals surface area contributed by atoms with Crippen molar-refractivity contribution in [2.75, 3.05) is 14.2 Å². The summed E-state index contributed by atoms with van der Waals surface area (Å²) in [6.07, 6.45) is 26.3. The van der Waals surface area contributed by atoms with E-state index in [1.165, 1.54) is 48.5 Å². The normalized spacial score (nSPS) is 14.4. The molecule has 236 valence electrons. The standard InChI is InChI=1S/C19H30O2.C15H24.C4H6O2/c1-15(2)7-5-8-16(3)9-6-10-17-11-13-18(14-12-17)19(20)21-4;1-6-14(4)10-8-12-15(5)11-7-9-13(2)3;1-3-4(5)6-2/h7,9,11,18H,5-6,8,10,12-14H2,1-4H3;6,9,12H,1,4,7-8,10-11H2,2-3,5H3;3H,1H2,2H3/b16-9+;15-12+;. The van der Waals surface area contributed by atoms with Crippen molar-refractivity contribution in [2.24, 2.45) is 5.92 Å². The number of ether oxygens (including phenoxy) is 2. The van der Waals surface area contributed by atoms with Crippen LogP contribution in [-0.2, 0) is 19.1 Å². The second kappa shape index (κ2) is 26.7. The number of esters is 2. The average molecular weight is 581 g/mol. The number of hydrogen-bond acceptors (Lipinski definition) is 4. The van der Waals surface area contributed by atoms with E-state index < -0.39 is 5.97 Å². The molecule has 0 aliphatic heterocycles. The molecule has 4 nitrogen and oxygen atoms in total. The Bertz CT molecular complexity index is 977. The summed E-state index contributed by atoms with van der Waals surface area (Å²) < 4.78 is 8.95. The van der Waals surface area contributed by atoms with Gasteiger partial charge in [-0.05, 0) is 112 Å². The van der Waals surface area contributed by atoms with E-state index in [2.05, 4.69) is 96.4 Å². The molecule has 0 aromatic carbocycles. The average Bonchev–Trinajstić information content (AvgIpc) is 2.96. The Kier molecular flexibility index (Phi) is 26.1. The number of hydrogen-bond donors (Lipinski definition) is 0. The highest BCUT2D eigenvalue weighted by molar-refractivity contribution is 5.80. The summed E-state index contributed by atoms with van der Waals surface area (Å²) in [6, 6.07) is 0. The van der Waals surface area contributed by atoms with Crippen LogP contribution in [0.1, 0.15) is 112 Å². The summed E-state index contributed by atoms with van der Waals surface area (Å²) in [5, 5.41) is 0. The van der Waals surface area contributed by atoms with E-state index in [0.717, 1.165) is 75.9 Å². The maximum absolute atomic E-state index is 11.5. The molecule has 0 spiro atoms. The first-order valence-corrected chi connectivity index (χ1v) is 15.2. The summed E-state index contributed by atoms with van der Waals surface area (Å²) in [4.78, 5) is 21.3. The largest absolute Gasteiger partial charge is 0.469 e. The van der Waals surface area contributed by atoms with Crippen molar-refractivity contribution in [1.29, 1.82) is 0 Å². The first-order valence-electron chi connectivity index (χ1n) is 15.2. The van der Waals surface area contributed by atoms with Gasteiger partial charge in [0.2, 0.25) is 0 Å². The van der Waals surface area contributed by atoms with E-state index in [0.29, 0.717) is 0 Å². The Labute approximate surface area is 258 Å². The van der Waals surface area contributed by atoms with Crippen LogP contribution in [0.3, 0.4) is 0 Å². The fourth-order valence-electron chi connectivity index (χ4n) is 4.07. The minimum absolute atomic E-state index is 0.0553. The van der Waals surface area contributed by atoms with Gasteiger partial charge in [-0.2, -0.15) is 0 Å². The van der Waals surface area contributed by atoms with Crippen LogP contribution in [0.15, 0.2) is 95.7 Å². The molecular formula is C38H60O4. The van der Waals surface area contributed by atoms with Gasteiger partial charge in [-0.3, -0.25) is 4.79 Å². The fraction of sp³-hybridized carbons (Fsp3) is 0.526. The van der Waals surface area contributed by atoms with Crippen LogP contribution in [0.25, 0.3) is 0 Å². The van der Waals surface area contributed by atoms with Crippen molar-refractivity contribution < 1.29 is 19.1 Å². The lowest BCUT2D eigenvalue weighted by Crippen LogP contribution is -2.18. The van der Waals surface area contributed by atoms with Crippen molar-refractivity contribution in [3.8, 4) is 0 Å². The van der Waals surface area contributed by atoms with E-state index in [1.807, 2.05) is 6.08 Å². The zero-order valence-corrected chi connectivity index (χ0v) is 28.2. The van der Waals surface area contributed by atoms with Crippen LogP contribution in [0.2, 0.25) is 0 Å². The molecule has 0 fully saturated rings. The van der Waals surface area contributed by atoms with Crippen LogP contribution in [0, 0.1) is 5.92 Å². The Morgan fingerprint density at radius 1 is 0.786 bits per heavy atom. The minimum Gasteiger partial charge on any atom is -0.469 e. The molecule has 0 heterocycles. The van der Waals surface area contributed by atoms with E-state index >= 15 is 0 Å². The van der Waals surface area contributed by atoms with Crippen LogP contribution < -0.4 is 0 Å². The number of methoxy groups -OCH3 is 2. The van der Waals surface area contributed by atoms with Crippen LogP contribution >= 0.6 is 0 Å². The molecule has 1 unspecified atom stereocenters. The van der Waals surface area contributed by atoms with Crippen molar-refractivity contribution in [1.82, 2.24) is 0 Å². The van der Waals surface area contributed by atoms with Gasteiger partial charge in [0.05, 0.1) is 20.1 Å². The van der Waals surface area contributed by atoms with E-state index in [-0.39, 0.29) is 11.9 Å². The van der Waals surface area contributed by atoms with Gasteiger partial charge in [-0.25, -0.2) is 4.79 Å². The molecule has 42 heavy (non-hydrogen) atoms. The molecule has 0 bridgehead atoms. The van der Waals surface area contributed by atoms with Crippen LogP contribution in [0.4, 0.5) is 0 Å².